The first kappa shape index (κ1) is 15.9. The van der Waals surface area contributed by atoms with Crippen molar-refractivity contribution in [2.24, 2.45) is 11.7 Å². The van der Waals surface area contributed by atoms with Gasteiger partial charge in [0.05, 0.1) is 5.69 Å². The number of nitrogens with zero attached hydrogens (tertiary/aromatic N) is 2. The van der Waals surface area contributed by atoms with Gasteiger partial charge in [-0.3, -0.25) is 4.79 Å². The molecule has 6 heteroatoms. The van der Waals surface area contributed by atoms with Crippen LogP contribution in [0.25, 0.3) is 10.9 Å². The third-order valence-electron chi connectivity index (χ3n) is 3.53. The molecule has 116 valence electrons. The molecule has 0 saturated heterocycles. The van der Waals surface area contributed by atoms with Gasteiger partial charge in [0, 0.05) is 11.3 Å². The Morgan fingerprint density at radius 2 is 1.82 bits per heavy atom. The molecule has 2 aromatic rings. The Hall–Kier alpha value is -2.50. The first-order valence-corrected chi connectivity index (χ1v) is 7.24. The maximum atomic E-state index is 11.6. The van der Waals surface area contributed by atoms with E-state index < -0.39 is 0 Å². The topological polar surface area (TPSA) is 94.9 Å². The fourth-order valence-corrected chi connectivity index (χ4v) is 2.03. The van der Waals surface area contributed by atoms with E-state index >= 15 is 0 Å². The van der Waals surface area contributed by atoms with Crippen LogP contribution in [0.1, 0.15) is 30.7 Å². The van der Waals surface area contributed by atoms with Crippen molar-refractivity contribution in [2.45, 2.75) is 34.6 Å². The van der Waals surface area contributed by atoms with Crippen LogP contribution >= 0.6 is 0 Å². The standard InChI is InChI=1S/C16H21N5O/c1-8(2)14(22)20-15(17)21-16-18-11(5)12-6-9(3)10(4)7-13(12)19-16/h6-8H,1-5H3,(H3,17,18,19,20,21,22)/p+1. The third-order valence-corrected chi connectivity index (χ3v) is 3.53. The second-order valence-electron chi connectivity index (χ2n) is 5.77. The maximum Gasteiger partial charge on any atom is 0.354 e. The Morgan fingerprint density at radius 3 is 2.45 bits per heavy atom. The molecule has 2 rings (SSSR count). The smallest absolute Gasteiger partial charge is 0.322 e. The first-order valence-electron chi connectivity index (χ1n) is 7.24. The molecule has 1 amide bonds. The summed E-state index contributed by atoms with van der Waals surface area (Å²) >= 11 is 0. The predicted octanol–water partition coefficient (Wildman–Crippen LogP) is 0.354. The number of rotatable bonds is 2. The Labute approximate surface area is 129 Å². The summed E-state index contributed by atoms with van der Waals surface area (Å²) in [5, 5.41) is 3.59. The molecular weight excluding hydrogens is 278 g/mol. The van der Waals surface area contributed by atoms with Gasteiger partial charge in [0.25, 0.3) is 11.9 Å². The van der Waals surface area contributed by atoms with Gasteiger partial charge in [-0.1, -0.05) is 13.8 Å². The fourth-order valence-electron chi connectivity index (χ4n) is 2.03. The van der Waals surface area contributed by atoms with Gasteiger partial charge in [-0.2, -0.15) is 0 Å². The number of benzene rings is 1. The van der Waals surface area contributed by atoms with E-state index in [-0.39, 0.29) is 17.8 Å². The number of hydrogen-bond donors (Lipinski definition) is 3. The van der Waals surface area contributed by atoms with Crippen LogP contribution < -0.4 is 16.0 Å². The lowest BCUT2D eigenvalue weighted by Crippen LogP contribution is -2.75. The highest BCUT2D eigenvalue weighted by atomic mass is 16.2. The molecule has 1 aromatic heterocycles. The molecule has 0 aliphatic carbocycles. The number of aryl methyl sites for hydroxylation is 3. The molecule has 0 spiro atoms. The van der Waals surface area contributed by atoms with Gasteiger partial charge in [0.15, 0.2) is 0 Å². The summed E-state index contributed by atoms with van der Waals surface area (Å²) in [4.78, 5) is 23.3. The zero-order valence-electron chi connectivity index (χ0n) is 13.6. The monoisotopic (exact) mass is 300 g/mol. The Kier molecular flexibility index (Phi) is 4.40. The largest absolute Gasteiger partial charge is 0.354 e. The number of guanidine groups is 1. The van der Waals surface area contributed by atoms with E-state index in [1.165, 1.54) is 11.1 Å². The highest BCUT2D eigenvalue weighted by molar-refractivity contribution is 5.94. The average Bonchev–Trinajstić information content (AvgIpc) is 2.40. The Balaban J connectivity index is 2.40. The van der Waals surface area contributed by atoms with Crippen molar-refractivity contribution in [1.82, 2.24) is 15.3 Å². The van der Waals surface area contributed by atoms with E-state index in [9.17, 15) is 4.79 Å². The minimum absolute atomic E-state index is 0.126. The van der Waals surface area contributed by atoms with Crippen LogP contribution in [-0.2, 0) is 4.79 Å². The predicted molar refractivity (Wildman–Crippen MR) is 86.5 cm³/mol. The molecule has 0 aliphatic rings. The molecule has 1 aromatic carbocycles. The van der Waals surface area contributed by atoms with E-state index in [1.807, 2.05) is 19.9 Å². The van der Waals surface area contributed by atoms with Gasteiger partial charge in [0.2, 0.25) is 0 Å². The first-order chi connectivity index (χ1) is 10.3. The van der Waals surface area contributed by atoms with Crippen molar-refractivity contribution < 1.29 is 9.79 Å². The minimum atomic E-state index is -0.158. The fraction of sp³-hybridized carbons (Fsp3) is 0.375. The van der Waals surface area contributed by atoms with E-state index in [4.69, 9.17) is 5.73 Å². The molecule has 0 unspecified atom stereocenters. The van der Waals surface area contributed by atoms with Gasteiger partial charge in [-0.25, -0.2) is 10.3 Å². The quantitative estimate of drug-likeness (QED) is 0.551. The number of carbonyl (C=O) groups excluding carboxylic acids is 1. The SMILES string of the molecule is Cc1cc2nc(/[NH+]=C(\N)NC(=O)C(C)C)nc(C)c2cc1C. The molecule has 1 heterocycles. The summed E-state index contributed by atoms with van der Waals surface area (Å²) in [6.45, 7) is 9.62. The molecule has 0 saturated carbocycles. The second kappa shape index (κ2) is 6.09. The zero-order chi connectivity index (χ0) is 16.4. The van der Waals surface area contributed by atoms with E-state index in [0.29, 0.717) is 5.95 Å². The van der Waals surface area contributed by atoms with E-state index in [0.717, 1.165) is 16.6 Å². The van der Waals surface area contributed by atoms with Crippen molar-refractivity contribution in [2.75, 3.05) is 0 Å². The van der Waals surface area contributed by atoms with E-state index in [1.54, 1.807) is 13.8 Å². The molecule has 0 radical (unpaired) electrons. The molecular formula is C16H22N5O+. The highest BCUT2D eigenvalue weighted by Crippen LogP contribution is 2.20. The van der Waals surface area contributed by atoms with Gasteiger partial charge >= 0.3 is 5.95 Å². The minimum Gasteiger partial charge on any atom is -0.322 e. The summed E-state index contributed by atoms with van der Waals surface area (Å²) in [6, 6.07) is 4.10. The summed E-state index contributed by atoms with van der Waals surface area (Å²) in [7, 11) is 0. The molecule has 0 bridgehead atoms. The molecule has 22 heavy (non-hydrogen) atoms. The third kappa shape index (κ3) is 3.39. The lowest BCUT2D eigenvalue weighted by atomic mass is 10.1. The van der Waals surface area contributed by atoms with Crippen LogP contribution in [0.15, 0.2) is 12.1 Å². The van der Waals surface area contributed by atoms with Crippen molar-refractivity contribution in [3.05, 3.63) is 29.0 Å². The van der Waals surface area contributed by atoms with Crippen LogP contribution in [0.5, 0.6) is 0 Å². The lowest BCUT2D eigenvalue weighted by Gasteiger charge is -2.05. The second-order valence-corrected chi connectivity index (χ2v) is 5.77. The van der Waals surface area contributed by atoms with Crippen molar-refractivity contribution in [1.29, 1.82) is 0 Å². The number of carbonyl (C=O) groups is 1. The summed E-state index contributed by atoms with van der Waals surface area (Å²) < 4.78 is 0. The molecule has 6 nitrogen and oxygen atoms in total. The van der Waals surface area contributed by atoms with Crippen molar-refractivity contribution >= 4 is 28.7 Å². The number of nitrogens with one attached hydrogen (secondary N) is 2. The number of nitrogens with two attached hydrogens (primary N) is 1. The van der Waals surface area contributed by atoms with E-state index in [2.05, 4.69) is 33.3 Å². The summed E-state index contributed by atoms with van der Waals surface area (Å²) in [5.74, 6) is 0.190. The van der Waals surface area contributed by atoms with Gasteiger partial charge in [0.1, 0.15) is 5.52 Å². The Morgan fingerprint density at radius 1 is 1.18 bits per heavy atom. The summed E-state index contributed by atoms with van der Waals surface area (Å²) in [5.41, 5.74) is 9.87. The number of fused-ring (bicyclic) bond motifs is 1. The molecule has 0 aliphatic heterocycles. The molecule has 0 atom stereocenters. The maximum absolute atomic E-state index is 11.6. The van der Waals surface area contributed by atoms with Crippen molar-refractivity contribution in [3.63, 3.8) is 0 Å². The lowest BCUT2D eigenvalue weighted by molar-refractivity contribution is -0.367. The van der Waals surface area contributed by atoms with Crippen LogP contribution in [0.4, 0.5) is 5.95 Å². The number of aromatic nitrogens is 2. The normalized spacial score (nSPS) is 12.0. The van der Waals surface area contributed by atoms with Gasteiger partial charge in [-0.15, -0.1) is 9.97 Å². The average molecular weight is 300 g/mol. The zero-order valence-corrected chi connectivity index (χ0v) is 13.6. The number of amides is 1. The van der Waals surface area contributed by atoms with Gasteiger partial charge < -0.3 is 5.73 Å². The van der Waals surface area contributed by atoms with Crippen LogP contribution in [0.2, 0.25) is 0 Å². The Bertz CT molecular complexity index is 765. The van der Waals surface area contributed by atoms with Crippen LogP contribution in [0.3, 0.4) is 0 Å². The van der Waals surface area contributed by atoms with Crippen molar-refractivity contribution in [3.8, 4) is 0 Å². The summed E-state index contributed by atoms with van der Waals surface area (Å²) in [6.07, 6.45) is 0. The molecule has 0 fully saturated rings. The highest BCUT2D eigenvalue weighted by Gasteiger charge is 2.13. The van der Waals surface area contributed by atoms with Crippen LogP contribution in [0, 0.1) is 26.7 Å². The van der Waals surface area contributed by atoms with Crippen LogP contribution in [-0.4, -0.2) is 21.8 Å². The molecule has 4 N–H and O–H groups in total. The van der Waals surface area contributed by atoms with Gasteiger partial charge in [-0.05, 0) is 44.0 Å². The number of hydrogen-bond acceptors (Lipinski definition) is 3.